The number of aromatic nitrogens is 1. The summed E-state index contributed by atoms with van der Waals surface area (Å²) < 4.78 is 27.0. The van der Waals surface area contributed by atoms with Crippen LogP contribution in [0.3, 0.4) is 0 Å². The number of hydrogen-bond acceptors (Lipinski definition) is 5. The van der Waals surface area contributed by atoms with Crippen LogP contribution in [0, 0.1) is 5.82 Å². The summed E-state index contributed by atoms with van der Waals surface area (Å²) in [5.74, 6) is -1.22. The molecule has 1 aliphatic rings. The van der Waals surface area contributed by atoms with Gasteiger partial charge in [0.05, 0.1) is 23.4 Å². The molecule has 0 aliphatic carbocycles. The Balaban J connectivity index is 1.40. The standard InChI is InChI=1S/C22H24FN3O4/c1-14-12-25(13-15(2)29-14)18-8-7-16(11-17(18)23)24-21(27)9-10-26-19-5-3-4-6-20(19)30-22(26)28/h3-8,11,14-15H,9-10,12-13H2,1-2H3,(H,24,27). The largest absolute Gasteiger partial charge is 0.419 e. The predicted molar refractivity (Wildman–Crippen MR) is 112 cm³/mol. The second kappa shape index (κ2) is 8.31. The highest BCUT2D eigenvalue weighted by Crippen LogP contribution is 2.26. The summed E-state index contributed by atoms with van der Waals surface area (Å²) in [4.78, 5) is 26.3. The smallest absolute Gasteiger partial charge is 0.408 e. The fraction of sp³-hybridized carbons (Fsp3) is 0.364. The number of oxazole rings is 1. The molecule has 4 rings (SSSR count). The number of nitrogens with zero attached hydrogens (tertiary/aromatic N) is 2. The molecule has 1 saturated heterocycles. The van der Waals surface area contributed by atoms with Gasteiger partial charge in [0.25, 0.3) is 0 Å². The van der Waals surface area contributed by atoms with Crippen LogP contribution in [-0.2, 0) is 16.1 Å². The SMILES string of the molecule is CC1CN(c2ccc(NC(=O)CCn3c(=O)oc4ccccc43)cc2F)CC(C)O1. The van der Waals surface area contributed by atoms with Crippen LogP contribution in [0.15, 0.2) is 51.7 Å². The highest BCUT2D eigenvalue weighted by molar-refractivity contribution is 5.91. The van der Waals surface area contributed by atoms with Gasteiger partial charge >= 0.3 is 5.76 Å². The molecule has 2 heterocycles. The minimum absolute atomic E-state index is 0.0231. The van der Waals surface area contributed by atoms with Crippen molar-refractivity contribution in [3.05, 3.63) is 58.8 Å². The molecule has 8 heteroatoms. The summed E-state index contributed by atoms with van der Waals surface area (Å²) in [5, 5.41) is 2.69. The van der Waals surface area contributed by atoms with Crippen molar-refractivity contribution in [1.82, 2.24) is 4.57 Å². The Morgan fingerprint density at radius 2 is 1.90 bits per heavy atom. The highest BCUT2D eigenvalue weighted by atomic mass is 19.1. The Labute approximate surface area is 173 Å². The Bertz CT molecular complexity index is 1110. The second-order valence-electron chi connectivity index (χ2n) is 7.61. The molecule has 1 fully saturated rings. The zero-order valence-corrected chi connectivity index (χ0v) is 16.9. The van der Waals surface area contributed by atoms with E-state index in [0.717, 1.165) is 0 Å². The maximum Gasteiger partial charge on any atom is 0.419 e. The molecule has 0 radical (unpaired) electrons. The van der Waals surface area contributed by atoms with Gasteiger partial charge in [-0.3, -0.25) is 9.36 Å². The second-order valence-corrected chi connectivity index (χ2v) is 7.61. The molecule has 7 nitrogen and oxygen atoms in total. The molecular formula is C22H24FN3O4. The topological polar surface area (TPSA) is 76.7 Å². The Hall–Kier alpha value is -3.13. The molecule has 2 atom stereocenters. The number of hydrogen-bond donors (Lipinski definition) is 1. The number of carbonyl (C=O) groups excluding carboxylic acids is 1. The van der Waals surface area contributed by atoms with Gasteiger partial charge in [-0.05, 0) is 44.2 Å². The number of nitrogens with one attached hydrogen (secondary N) is 1. The van der Waals surface area contributed by atoms with Gasteiger partial charge in [0.2, 0.25) is 5.91 Å². The van der Waals surface area contributed by atoms with Crippen molar-refractivity contribution in [2.24, 2.45) is 0 Å². The van der Waals surface area contributed by atoms with Crippen molar-refractivity contribution in [2.75, 3.05) is 23.3 Å². The van der Waals surface area contributed by atoms with Gasteiger partial charge in [-0.25, -0.2) is 9.18 Å². The van der Waals surface area contributed by atoms with Crippen molar-refractivity contribution < 1.29 is 18.3 Å². The minimum atomic E-state index is -0.506. The Morgan fingerprint density at radius 1 is 1.17 bits per heavy atom. The van der Waals surface area contributed by atoms with Crippen molar-refractivity contribution >= 4 is 28.4 Å². The van der Waals surface area contributed by atoms with Crippen molar-refractivity contribution in [3.63, 3.8) is 0 Å². The molecule has 30 heavy (non-hydrogen) atoms. The lowest BCUT2D eigenvalue weighted by molar-refractivity contribution is -0.116. The van der Waals surface area contributed by atoms with Crippen LogP contribution in [0.1, 0.15) is 20.3 Å². The number of carbonyl (C=O) groups is 1. The maximum atomic E-state index is 14.7. The number of aryl methyl sites for hydroxylation is 1. The molecule has 1 amide bonds. The molecule has 0 spiro atoms. The van der Waals surface area contributed by atoms with Crippen molar-refractivity contribution in [3.8, 4) is 0 Å². The molecule has 0 bridgehead atoms. The molecular weight excluding hydrogens is 389 g/mol. The zero-order chi connectivity index (χ0) is 21.3. The first-order valence-electron chi connectivity index (χ1n) is 9.99. The third kappa shape index (κ3) is 4.23. The highest BCUT2D eigenvalue weighted by Gasteiger charge is 2.24. The zero-order valence-electron chi connectivity index (χ0n) is 16.9. The van der Waals surface area contributed by atoms with Gasteiger partial charge in [-0.2, -0.15) is 0 Å². The normalized spacial score (nSPS) is 19.2. The van der Waals surface area contributed by atoms with E-state index in [9.17, 15) is 14.0 Å². The van der Waals surface area contributed by atoms with E-state index in [0.29, 0.717) is 35.6 Å². The molecule has 158 valence electrons. The van der Waals surface area contributed by atoms with Gasteiger partial charge in [0, 0.05) is 31.7 Å². The lowest BCUT2D eigenvalue weighted by atomic mass is 10.2. The molecule has 3 aromatic rings. The predicted octanol–water partition coefficient (Wildman–Crippen LogP) is 3.38. The average Bonchev–Trinajstić information content (AvgIpc) is 3.00. The van der Waals surface area contributed by atoms with Crippen LogP contribution in [-0.4, -0.2) is 35.8 Å². The van der Waals surface area contributed by atoms with E-state index in [1.165, 1.54) is 10.6 Å². The number of anilines is 2. The fourth-order valence-electron chi connectivity index (χ4n) is 3.88. The van der Waals surface area contributed by atoms with Gasteiger partial charge in [0.1, 0.15) is 5.82 Å². The van der Waals surface area contributed by atoms with Crippen molar-refractivity contribution in [1.29, 1.82) is 0 Å². The van der Waals surface area contributed by atoms with Gasteiger partial charge in [-0.1, -0.05) is 12.1 Å². The number of ether oxygens (including phenoxy) is 1. The number of para-hydroxylation sites is 2. The van der Waals surface area contributed by atoms with Gasteiger partial charge < -0.3 is 19.4 Å². The number of fused-ring (bicyclic) bond motifs is 1. The number of halogens is 1. The fourth-order valence-corrected chi connectivity index (χ4v) is 3.88. The number of amides is 1. The quantitative estimate of drug-likeness (QED) is 0.694. The first kappa shape index (κ1) is 20.2. The molecule has 2 aromatic carbocycles. The lowest BCUT2D eigenvalue weighted by Crippen LogP contribution is -2.45. The third-order valence-corrected chi connectivity index (χ3v) is 5.13. The maximum absolute atomic E-state index is 14.7. The molecule has 1 aliphatic heterocycles. The van der Waals surface area contributed by atoms with E-state index in [1.54, 1.807) is 36.4 Å². The first-order chi connectivity index (χ1) is 14.4. The summed E-state index contributed by atoms with van der Waals surface area (Å²) in [7, 11) is 0. The van der Waals surface area contributed by atoms with Crippen LogP contribution in [0.25, 0.3) is 11.1 Å². The van der Waals surface area contributed by atoms with E-state index in [2.05, 4.69) is 5.32 Å². The molecule has 2 unspecified atom stereocenters. The summed E-state index contributed by atoms with van der Waals surface area (Å²) in [6.45, 7) is 5.32. The third-order valence-electron chi connectivity index (χ3n) is 5.13. The van der Waals surface area contributed by atoms with Crippen LogP contribution < -0.4 is 16.0 Å². The van der Waals surface area contributed by atoms with E-state index >= 15 is 0 Å². The molecule has 1 N–H and O–H groups in total. The van der Waals surface area contributed by atoms with E-state index < -0.39 is 11.6 Å². The van der Waals surface area contributed by atoms with Crippen LogP contribution in [0.5, 0.6) is 0 Å². The average molecular weight is 413 g/mol. The Morgan fingerprint density at radius 3 is 2.63 bits per heavy atom. The number of rotatable bonds is 5. The van der Waals surface area contributed by atoms with Crippen LogP contribution >= 0.6 is 0 Å². The summed E-state index contributed by atoms with van der Waals surface area (Å²) in [6.07, 6.45) is 0.107. The number of morpholine rings is 1. The minimum Gasteiger partial charge on any atom is -0.408 e. The van der Waals surface area contributed by atoms with Crippen molar-refractivity contribution in [2.45, 2.75) is 39.0 Å². The summed E-state index contributed by atoms with van der Waals surface area (Å²) in [6, 6.07) is 11.7. The molecule has 0 saturated carbocycles. The monoisotopic (exact) mass is 413 g/mol. The molecule has 1 aromatic heterocycles. The van der Waals surface area contributed by atoms with E-state index in [-0.39, 0.29) is 31.1 Å². The summed E-state index contributed by atoms with van der Waals surface area (Å²) in [5.41, 5.74) is 1.98. The van der Waals surface area contributed by atoms with Gasteiger partial charge in [-0.15, -0.1) is 0 Å². The lowest BCUT2D eigenvalue weighted by Gasteiger charge is -2.37. The van der Waals surface area contributed by atoms with Crippen LogP contribution in [0.2, 0.25) is 0 Å². The number of benzene rings is 2. The van der Waals surface area contributed by atoms with E-state index in [4.69, 9.17) is 9.15 Å². The van der Waals surface area contributed by atoms with Gasteiger partial charge in [0.15, 0.2) is 5.58 Å². The van der Waals surface area contributed by atoms with Crippen LogP contribution in [0.4, 0.5) is 15.8 Å². The summed E-state index contributed by atoms with van der Waals surface area (Å²) >= 11 is 0. The first-order valence-corrected chi connectivity index (χ1v) is 9.99. The Kier molecular flexibility index (Phi) is 5.59. The van der Waals surface area contributed by atoms with E-state index in [1.807, 2.05) is 18.7 Å².